The van der Waals surface area contributed by atoms with Gasteiger partial charge in [0.05, 0.1) is 6.61 Å². The molecule has 0 spiro atoms. The van der Waals surface area contributed by atoms with Gasteiger partial charge in [0.1, 0.15) is 18.8 Å². The van der Waals surface area contributed by atoms with Crippen LogP contribution in [0.5, 0.6) is 0 Å². The summed E-state index contributed by atoms with van der Waals surface area (Å²) >= 11 is 0. The van der Waals surface area contributed by atoms with Crippen LogP contribution in [0.4, 0.5) is 0 Å². The molecule has 1 aromatic carbocycles. The normalized spacial score (nSPS) is 39.3. The molecular formula is C12H14O3. The second kappa shape index (κ2) is 3.30. The molecule has 80 valence electrons. The van der Waals surface area contributed by atoms with Crippen LogP contribution in [0.15, 0.2) is 30.3 Å². The highest BCUT2D eigenvalue weighted by Crippen LogP contribution is 2.41. The van der Waals surface area contributed by atoms with E-state index in [9.17, 15) is 0 Å². The van der Waals surface area contributed by atoms with Gasteiger partial charge < -0.3 is 14.2 Å². The number of fused-ring (bicyclic) bond motifs is 2. The van der Waals surface area contributed by atoms with Crippen molar-refractivity contribution in [2.75, 3.05) is 13.2 Å². The average Bonchev–Trinajstić information content (AvgIpc) is 2.50. The van der Waals surface area contributed by atoms with Gasteiger partial charge in [-0.1, -0.05) is 30.3 Å². The molecule has 0 amide bonds. The van der Waals surface area contributed by atoms with Gasteiger partial charge in [0.2, 0.25) is 0 Å². The van der Waals surface area contributed by atoms with Crippen molar-refractivity contribution in [2.45, 2.75) is 24.9 Å². The van der Waals surface area contributed by atoms with Crippen LogP contribution in [0.25, 0.3) is 0 Å². The fourth-order valence-corrected chi connectivity index (χ4v) is 2.23. The first kappa shape index (κ1) is 9.33. The summed E-state index contributed by atoms with van der Waals surface area (Å²) in [5.74, 6) is -0.552. The lowest BCUT2D eigenvalue weighted by atomic mass is 10.1. The molecule has 1 aromatic rings. The van der Waals surface area contributed by atoms with Crippen LogP contribution >= 0.6 is 0 Å². The Morgan fingerprint density at radius 2 is 2.00 bits per heavy atom. The van der Waals surface area contributed by atoms with E-state index < -0.39 is 5.79 Å². The third-order valence-corrected chi connectivity index (χ3v) is 2.89. The topological polar surface area (TPSA) is 27.7 Å². The maximum Gasteiger partial charge on any atom is 0.190 e. The maximum atomic E-state index is 5.91. The summed E-state index contributed by atoms with van der Waals surface area (Å²) < 4.78 is 17.2. The highest BCUT2D eigenvalue weighted by molar-refractivity contribution is 5.20. The number of rotatable bonds is 1. The minimum Gasteiger partial charge on any atom is -0.373 e. The van der Waals surface area contributed by atoms with Crippen LogP contribution in [0, 0.1) is 0 Å². The standard InChI is InChI=1S/C12H14O3/c1-12-8-13-7-10(14-12)11(15-12)9-5-3-2-4-6-9/h2-6,10-11H,7-8H2,1H3/t10-,11-,12-/m0/s1. The molecular weight excluding hydrogens is 192 g/mol. The van der Waals surface area contributed by atoms with Crippen molar-refractivity contribution in [3.05, 3.63) is 35.9 Å². The van der Waals surface area contributed by atoms with Gasteiger partial charge in [-0.3, -0.25) is 0 Å². The minimum atomic E-state index is -0.552. The van der Waals surface area contributed by atoms with Crippen LogP contribution in [0.2, 0.25) is 0 Å². The highest BCUT2D eigenvalue weighted by atomic mass is 16.8. The smallest absolute Gasteiger partial charge is 0.190 e. The Morgan fingerprint density at radius 1 is 1.20 bits per heavy atom. The Hall–Kier alpha value is -0.900. The third-order valence-electron chi connectivity index (χ3n) is 2.89. The van der Waals surface area contributed by atoms with E-state index in [1.54, 1.807) is 0 Å². The van der Waals surface area contributed by atoms with Crippen molar-refractivity contribution in [2.24, 2.45) is 0 Å². The first-order valence-corrected chi connectivity index (χ1v) is 5.25. The molecule has 2 aliphatic heterocycles. The van der Waals surface area contributed by atoms with Crippen molar-refractivity contribution >= 4 is 0 Å². The van der Waals surface area contributed by atoms with Gasteiger partial charge in [-0.15, -0.1) is 0 Å². The first-order chi connectivity index (χ1) is 7.27. The number of benzene rings is 1. The number of hydrogen-bond acceptors (Lipinski definition) is 3. The quantitative estimate of drug-likeness (QED) is 0.702. The van der Waals surface area contributed by atoms with Crippen molar-refractivity contribution in [1.82, 2.24) is 0 Å². The Labute approximate surface area is 89.0 Å². The van der Waals surface area contributed by atoms with E-state index in [0.717, 1.165) is 5.56 Å². The minimum absolute atomic E-state index is 0.0127. The zero-order valence-corrected chi connectivity index (χ0v) is 8.68. The van der Waals surface area contributed by atoms with E-state index in [1.165, 1.54) is 0 Å². The summed E-state index contributed by atoms with van der Waals surface area (Å²) in [6, 6.07) is 10.2. The molecule has 2 heterocycles. The Bertz CT molecular complexity index is 351. The molecule has 0 aliphatic carbocycles. The van der Waals surface area contributed by atoms with Gasteiger partial charge in [0.15, 0.2) is 5.79 Å². The lowest BCUT2D eigenvalue weighted by Gasteiger charge is -2.26. The molecule has 2 saturated heterocycles. The average molecular weight is 206 g/mol. The van der Waals surface area contributed by atoms with Gasteiger partial charge >= 0.3 is 0 Å². The van der Waals surface area contributed by atoms with Crippen molar-refractivity contribution < 1.29 is 14.2 Å². The molecule has 3 rings (SSSR count). The summed E-state index contributed by atoms with van der Waals surface area (Å²) in [6.45, 7) is 3.07. The molecule has 2 bridgehead atoms. The van der Waals surface area contributed by atoms with E-state index >= 15 is 0 Å². The molecule has 15 heavy (non-hydrogen) atoms. The predicted molar refractivity (Wildman–Crippen MR) is 54.4 cm³/mol. The van der Waals surface area contributed by atoms with Crippen LogP contribution in [-0.2, 0) is 14.2 Å². The van der Waals surface area contributed by atoms with E-state index in [2.05, 4.69) is 12.1 Å². The second-order valence-corrected chi connectivity index (χ2v) is 4.25. The van der Waals surface area contributed by atoms with Crippen molar-refractivity contribution in [3.63, 3.8) is 0 Å². The monoisotopic (exact) mass is 206 g/mol. The molecule has 3 nitrogen and oxygen atoms in total. The number of hydrogen-bond donors (Lipinski definition) is 0. The molecule has 0 N–H and O–H groups in total. The SMILES string of the molecule is C[C@]12COC[C@H](O1)[C@H](c1ccccc1)O2. The van der Waals surface area contributed by atoms with Crippen LogP contribution in [0.1, 0.15) is 18.6 Å². The molecule has 3 heteroatoms. The fraction of sp³-hybridized carbons (Fsp3) is 0.500. The van der Waals surface area contributed by atoms with Gasteiger partial charge in [-0.05, 0) is 12.5 Å². The molecule has 0 unspecified atom stereocenters. The van der Waals surface area contributed by atoms with Crippen LogP contribution in [0.3, 0.4) is 0 Å². The Morgan fingerprint density at radius 3 is 2.73 bits per heavy atom. The summed E-state index contributed by atoms with van der Waals surface area (Å²) in [4.78, 5) is 0. The van der Waals surface area contributed by atoms with Gasteiger partial charge in [0, 0.05) is 0 Å². The van der Waals surface area contributed by atoms with Crippen LogP contribution < -0.4 is 0 Å². The van der Waals surface area contributed by atoms with E-state index in [1.807, 2.05) is 25.1 Å². The zero-order valence-electron chi connectivity index (χ0n) is 8.68. The van der Waals surface area contributed by atoms with E-state index in [0.29, 0.717) is 13.2 Å². The largest absolute Gasteiger partial charge is 0.373 e. The van der Waals surface area contributed by atoms with Gasteiger partial charge in [-0.25, -0.2) is 0 Å². The van der Waals surface area contributed by atoms with Crippen molar-refractivity contribution in [1.29, 1.82) is 0 Å². The molecule has 3 atom stereocenters. The lowest BCUT2D eigenvalue weighted by molar-refractivity contribution is -0.226. The third kappa shape index (κ3) is 1.57. The molecule has 2 fully saturated rings. The molecule has 0 radical (unpaired) electrons. The lowest BCUT2D eigenvalue weighted by Crippen LogP contribution is -2.38. The summed E-state index contributed by atoms with van der Waals surface area (Å²) in [5, 5.41) is 0. The first-order valence-electron chi connectivity index (χ1n) is 5.25. The molecule has 2 aliphatic rings. The van der Waals surface area contributed by atoms with Gasteiger partial charge in [0.25, 0.3) is 0 Å². The second-order valence-electron chi connectivity index (χ2n) is 4.25. The van der Waals surface area contributed by atoms with E-state index in [-0.39, 0.29) is 12.2 Å². The molecule has 0 aromatic heterocycles. The summed E-state index contributed by atoms with van der Waals surface area (Å²) in [5.41, 5.74) is 1.16. The Kier molecular flexibility index (Phi) is 2.06. The summed E-state index contributed by atoms with van der Waals surface area (Å²) in [7, 11) is 0. The molecule has 0 saturated carbocycles. The van der Waals surface area contributed by atoms with Crippen LogP contribution in [-0.4, -0.2) is 25.1 Å². The summed E-state index contributed by atoms with van der Waals surface area (Å²) in [6.07, 6.45) is 0.0462. The van der Waals surface area contributed by atoms with E-state index in [4.69, 9.17) is 14.2 Å². The predicted octanol–water partition coefficient (Wildman–Crippen LogP) is 1.89. The Balaban J connectivity index is 1.90. The van der Waals surface area contributed by atoms with Crippen molar-refractivity contribution in [3.8, 4) is 0 Å². The fourth-order valence-electron chi connectivity index (χ4n) is 2.23. The maximum absolute atomic E-state index is 5.91. The number of ether oxygens (including phenoxy) is 3. The zero-order chi connectivity index (χ0) is 10.3. The highest BCUT2D eigenvalue weighted by Gasteiger charge is 2.48. The van der Waals surface area contributed by atoms with Gasteiger partial charge in [-0.2, -0.15) is 0 Å².